The first-order valence-corrected chi connectivity index (χ1v) is 13.1. The normalized spacial score (nSPS) is 10.8. The Bertz CT molecular complexity index is 1380. The van der Waals surface area contributed by atoms with Crippen LogP contribution in [0.5, 0.6) is 0 Å². The van der Waals surface area contributed by atoms with Crippen LogP contribution in [0.3, 0.4) is 0 Å². The number of carbonyl (C=O) groups excluding carboxylic acids is 1. The summed E-state index contributed by atoms with van der Waals surface area (Å²) in [4.78, 5) is 13.7. The van der Waals surface area contributed by atoms with Gasteiger partial charge in [0.05, 0.1) is 35.8 Å². The Morgan fingerprint density at radius 1 is 1.11 bits per heavy atom. The molecule has 2 N–H and O–H groups in total. The van der Waals surface area contributed by atoms with Crippen molar-refractivity contribution in [2.75, 3.05) is 17.2 Å². The molecule has 2 heterocycles. The summed E-state index contributed by atoms with van der Waals surface area (Å²) in [6.07, 6.45) is 0.715. The predicted molar refractivity (Wildman–Crippen MR) is 152 cm³/mol. The summed E-state index contributed by atoms with van der Waals surface area (Å²) in [5, 5.41) is 12.9. The number of thiophene rings is 1. The number of nitrogens with zero attached hydrogens (tertiary/aromatic N) is 2. The first kappa shape index (κ1) is 25.9. The van der Waals surface area contributed by atoms with Gasteiger partial charge in [0, 0.05) is 16.3 Å². The number of aromatic nitrogens is 2. The molecule has 2 aromatic carbocycles. The van der Waals surface area contributed by atoms with Crippen LogP contribution in [0.1, 0.15) is 44.7 Å². The highest BCUT2D eigenvalue weighted by molar-refractivity contribution is 7.80. The van der Waals surface area contributed by atoms with Crippen LogP contribution in [-0.2, 0) is 17.7 Å². The van der Waals surface area contributed by atoms with E-state index in [1.807, 2.05) is 67.1 Å². The number of esters is 1. The van der Waals surface area contributed by atoms with Crippen molar-refractivity contribution in [3.8, 4) is 0 Å². The molecule has 2 aromatic heterocycles. The lowest BCUT2D eigenvalue weighted by atomic mass is 10.1. The zero-order chi connectivity index (χ0) is 25.7. The second-order valence-electron chi connectivity index (χ2n) is 8.21. The number of halogens is 1. The lowest BCUT2D eigenvalue weighted by Gasteiger charge is -2.12. The smallest absolute Gasteiger partial charge is 0.341 e. The minimum absolute atomic E-state index is 0.299. The maximum atomic E-state index is 12.6. The molecule has 0 aliphatic heterocycles. The van der Waals surface area contributed by atoms with Gasteiger partial charge in [-0.25, -0.2) is 4.79 Å². The van der Waals surface area contributed by atoms with E-state index in [0.717, 1.165) is 27.5 Å². The van der Waals surface area contributed by atoms with Crippen LogP contribution in [0.15, 0.2) is 60.7 Å². The van der Waals surface area contributed by atoms with Crippen LogP contribution in [0.4, 0.5) is 10.7 Å². The Hall–Kier alpha value is -3.20. The number of carbonyl (C=O) groups is 1. The van der Waals surface area contributed by atoms with Gasteiger partial charge in [0.2, 0.25) is 0 Å². The Balaban J connectivity index is 1.52. The summed E-state index contributed by atoms with van der Waals surface area (Å²) in [5.74, 6) is -0.377. The summed E-state index contributed by atoms with van der Waals surface area (Å²) in [7, 11) is 0. The highest BCUT2D eigenvalue weighted by Gasteiger charge is 2.20. The summed E-state index contributed by atoms with van der Waals surface area (Å²) in [5.41, 5.74) is 5.18. The number of aryl methyl sites for hydroxylation is 1. The van der Waals surface area contributed by atoms with Crippen molar-refractivity contribution in [3.05, 3.63) is 98.6 Å². The fourth-order valence-corrected chi connectivity index (χ4v) is 5.39. The SMILES string of the molecule is CCOC(=O)c1cc(Cc2ccccc2)sc1NC(=S)Nc1c(C)nn(Cc2ccccc2Cl)c1C. The summed E-state index contributed by atoms with van der Waals surface area (Å²) >= 11 is 13.4. The van der Waals surface area contributed by atoms with E-state index in [0.29, 0.717) is 40.3 Å². The van der Waals surface area contributed by atoms with E-state index in [2.05, 4.69) is 27.9 Å². The minimum Gasteiger partial charge on any atom is -0.462 e. The first-order chi connectivity index (χ1) is 17.4. The summed E-state index contributed by atoms with van der Waals surface area (Å²) in [6, 6.07) is 19.7. The Morgan fingerprint density at radius 2 is 1.83 bits per heavy atom. The first-order valence-electron chi connectivity index (χ1n) is 11.5. The molecule has 0 saturated heterocycles. The van der Waals surface area contributed by atoms with Gasteiger partial charge in [0.1, 0.15) is 5.00 Å². The maximum absolute atomic E-state index is 12.6. The molecular weight excluding hydrogens is 512 g/mol. The van der Waals surface area contributed by atoms with Crippen molar-refractivity contribution in [2.24, 2.45) is 0 Å². The van der Waals surface area contributed by atoms with Crippen LogP contribution >= 0.6 is 35.2 Å². The average molecular weight is 539 g/mol. The molecule has 0 aliphatic rings. The van der Waals surface area contributed by atoms with Crippen molar-refractivity contribution < 1.29 is 9.53 Å². The molecule has 9 heteroatoms. The van der Waals surface area contributed by atoms with E-state index in [9.17, 15) is 4.79 Å². The topological polar surface area (TPSA) is 68.2 Å². The quantitative estimate of drug-likeness (QED) is 0.189. The molecule has 0 bridgehead atoms. The van der Waals surface area contributed by atoms with Crippen molar-refractivity contribution in [3.63, 3.8) is 0 Å². The van der Waals surface area contributed by atoms with Gasteiger partial charge in [-0.05, 0) is 56.2 Å². The molecule has 0 fully saturated rings. The van der Waals surface area contributed by atoms with Gasteiger partial charge in [-0.1, -0.05) is 60.1 Å². The number of thiocarbonyl (C=S) groups is 1. The van der Waals surface area contributed by atoms with Crippen molar-refractivity contribution in [1.82, 2.24) is 9.78 Å². The van der Waals surface area contributed by atoms with Crippen LogP contribution in [-0.4, -0.2) is 27.5 Å². The third-order valence-electron chi connectivity index (χ3n) is 5.62. The molecule has 4 rings (SSSR count). The number of ether oxygens (including phenoxy) is 1. The zero-order valence-electron chi connectivity index (χ0n) is 20.3. The molecule has 0 unspecified atom stereocenters. The molecule has 0 atom stereocenters. The highest BCUT2D eigenvalue weighted by Crippen LogP contribution is 2.31. The molecule has 0 spiro atoms. The standard InChI is InChI=1S/C27H27ClN4O2S2/c1-4-34-26(33)22-15-21(14-19-10-6-5-7-11-19)36-25(22)30-27(35)29-24-17(2)31-32(18(24)3)16-20-12-8-9-13-23(20)28/h5-13,15H,4,14,16H2,1-3H3,(H2,29,30,35). The second-order valence-corrected chi connectivity index (χ2v) is 10.2. The number of hydrogen-bond donors (Lipinski definition) is 2. The van der Waals surface area contributed by atoms with Gasteiger partial charge >= 0.3 is 5.97 Å². The zero-order valence-corrected chi connectivity index (χ0v) is 22.7. The summed E-state index contributed by atoms with van der Waals surface area (Å²) < 4.78 is 7.18. The number of nitrogens with one attached hydrogen (secondary N) is 2. The van der Waals surface area contributed by atoms with E-state index in [-0.39, 0.29) is 5.97 Å². The largest absolute Gasteiger partial charge is 0.462 e. The van der Waals surface area contributed by atoms with Crippen LogP contribution < -0.4 is 10.6 Å². The number of hydrogen-bond acceptors (Lipinski definition) is 5. The van der Waals surface area contributed by atoms with Gasteiger partial charge in [0.15, 0.2) is 5.11 Å². The van der Waals surface area contributed by atoms with Crippen molar-refractivity contribution >= 4 is 56.9 Å². The third-order valence-corrected chi connectivity index (χ3v) is 7.25. The number of anilines is 2. The monoisotopic (exact) mass is 538 g/mol. The Kier molecular flexibility index (Phi) is 8.40. The molecule has 0 radical (unpaired) electrons. The van der Waals surface area contributed by atoms with Crippen molar-refractivity contribution in [2.45, 2.75) is 33.7 Å². The van der Waals surface area contributed by atoms with E-state index >= 15 is 0 Å². The summed E-state index contributed by atoms with van der Waals surface area (Å²) in [6.45, 7) is 6.55. The molecule has 4 aromatic rings. The van der Waals surface area contributed by atoms with Crippen LogP contribution in [0.2, 0.25) is 5.02 Å². The molecule has 0 saturated carbocycles. The lowest BCUT2D eigenvalue weighted by molar-refractivity contribution is 0.0528. The van der Waals surface area contributed by atoms with Gasteiger partial charge < -0.3 is 15.4 Å². The van der Waals surface area contributed by atoms with Gasteiger partial charge in [-0.3, -0.25) is 4.68 Å². The highest BCUT2D eigenvalue weighted by atomic mass is 35.5. The minimum atomic E-state index is -0.377. The van der Waals surface area contributed by atoms with Crippen LogP contribution in [0, 0.1) is 13.8 Å². The van der Waals surface area contributed by atoms with Crippen molar-refractivity contribution in [1.29, 1.82) is 0 Å². The van der Waals surface area contributed by atoms with Crippen LogP contribution in [0.25, 0.3) is 0 Å². The number of benzene rings is 2. The predicted octanol–water partition coefficient (Wildman–Crippen LogP) is 6.84. The van der Waals surface area contributed by atoms with Gasteiger partial charge in [-0.2, -0.15) is 5.10 Å². The lowest BCUT2D eigenvalue weighted by Crippen LogP contribution is -2.21. The third kappa shape index (κ3) is 6.13. The fraction of sp³-hybridized carbons (Fsp3) is 0.222. The van der Waals surface area contributed by atoms with Gasteiger partial charge in [0.25, 0.3) is 0 Å². The Morgan fingerprint density at radius 3 is 2.56 bits per heavy atom. The van der Waals surface area contributed by atoms with E-state index < -0.39 is 0 Å². The van der Waals surface area contributed by atoms with E-state index in [1.165, 1.54) is 16.9 Å². The molecule has 186 valence electrons. The van der Waals surface area contributed by atoms with E-state index in [1.54, 1.807) is 6.92 Å². The Labute approximate surface area is 225 Å². The average Bonchev–Trinajstić information content (AvgIpc) is 3.36. The molecular formula is C27H27ClN4O2S2. The molecule has 36 heavy (non-hydrogen) atoms. The molecule has 0 amide bonds. The second kappa shape index (κ2) is 11.7. The molecule has 6 nitrogen and oxygen atoms in total. The number of rotatable bonds is 8. The van der Waals surface area contributed by atoms with E-state index in [4.69, 9.17) is 28.6 Å². The molecule has 0 aliphatic carbocycles. The maximum Gasteiger partial charge on any atom is 0.341 e. The fourth-order valence-electron chi connectivity index (χ4n) is 3.85. The van der Waals surface area contributed by atoms with Gasteiger partial charge in [-0.15, -0.1) is 11.3 Å².